The fourth-order valence-corrected chi connectivity index (χ4v) is 2.78. The van der Waals surface area contributed by atoms with Gasteiger partial charge < -0.3 is 9.64 Å². The standard InChI is InChI=1S/C16H17F3N2O5/c1-2-26-15(23)11-6-10(7-13(8-11)21(24)25)14(22)20-5-3-4-12(9-20)16(17,18)19/h6-8,12H,2-5,9H2,1H3. The van der Waals surface area contributed by atoms with Crippen LogP contribution in [0.25, 0.3) is 0 Å². The van der Waals surface area contributed by atoms with Crippen molar-refractivity contribution in [2.45, 2.75) is 25.9 Å². The molecular weight excluding hydrogens is 357 g/mol. The molecule has 1 unspecified atom stereocenters. The van der Waals surface area contributed by atoms with Gasteiger partial charge >= 0.3 is 12.1 Å². The minimum Gasteiger partial charge on any atom is -0.462 e. The van der Waals surface area contributed by atoms with Crippen LogP contribution in [0.2, 0.25) is 0 Å². The first-order chi connectivity index (χ1) is 12.1. The first kappa shape index (κ1) is 19.7. The van der Waals surface area contributed by atoms with Crippen molar-refractivity contribution < 1.29 is 32.4 Å². The molecule has 0 spiro atoms. The van der Waals surface area contributed by atoms with E-state index in [0.717, 1.165) is 23.1 Å². The molecule has 0 aliphatic carbocycles. The van der Waals surface area contributed by atoms with Crippen molar-refractivity contribution in [3.05, 3.63) is 39.4 Å². The van der Waals surface area contributed by atoms with Gasteiger partial charge in [-0.15, -0.1) is 0 Å². The summed E-state index contributed by atoms with van der Waals surface area (Å²) in [5, 5.41) is 11.0. The quantitative estimate of drug-likeness (QED) is 0.459. The van der Waals surface area contributed by atoms with E-state index >= 15 is 0 Å². The number of halogens is 3. The first-order valence-electron chi connectivity index (χ1n) is 7.96. The number of likely N-dealkylation sites (tertiary alicyclic amines) is 1. The molecule has 10 heteroatoms. The van der Waals surface area contributed by atoms with E-state index in [2.05, 4.69) is 0 Å². The number of amides is 1. The normalized spacial score (nSPS) is 17.7. The van der Waals surface area contributed by atoms with Gasteiger partial charge in [-0.3, -0.25) is 14.9 Å². The fraction of sp³-hybridized carbons (Fsp3) is 0.500. The molecule has 2 rings (SSSR count). The Hall–Kier alpha value is -2.65. The van der Waals surface area contributed by atoms with E-state index in [9.17, 15) is 32.9 Å². The van der Waals surface area contributed by atoms with Crippen LogP contribution in [-0.2, 0) is 4.74 Å². The maximum Gasteiger partial charge on any atom is 0.393 e. The highest BCUT2D eigenvalue weighted by atomic mass is 19.4. The predicted octanol–water partition coefficient (Wildman–Crippen LogP) is 3.19. The summed E-state index contributed by atoms with van der Waals surface area (Å²) in [5.74, 6) is -3.27. The average Bonchev–Trinajstić information content (AvgIpc) is 2.60. The largest absolute Gasteiger partial charge is 0.462 e. The molecule has 1 aromatic carbocycles. The first-order valence-corrected chi connectivity index (χ1v) is 7.96. The molecule has 26 heavy (non-hydrogen) atoms. The molecule has 1 aliphatic rings. The Balaban J connectivity index is 2.32. The molecule has 0 N–H and O–H groups in total. The number of nitro benzene ring substituents is 1. The van der Waals surface area contributed by atoms with Crippen LogP contribution in [0, 0.1) is 16.0 Å². The van der Waals surface area contributed by atoms with Crippen LogP contribution in [0.15, 0.2) is 18.2 Å². The van der Waals surface area contributed by atoms with Gasteiger partial charge in [0.15, 0.2) is 0 Å². The van der Waals surface area contributed by atoms with Crippen molar-refractivity contribution in [2.24, 2.45) is 5.92 Å². The molecule has 1 atom stereocenters. The van der Waals surface area contributed by atoms with Crippen molar-refractivity contribution in [3.8, 4) is 0 Å². The van der Waals surface area contributed by atoms with Crippen LogP contribution in [0.1, 0.15) is 40.5 Å². The lowest BCUT2D eigenvalue weighted by molar-refractivity contribution is -0.384. The zero-order chi connectivity index (χ0) is 19.5. The zero-order valence-electron chi connectivity index (χ0n) is 13.9. The van der Waals surface area contributed by atoms with E-state index < -0.39 is 41.1 Å². The number of non-ortho nitro benzene ring substituents is 1. The van der Waals surface area contributed by atoms with Crippen LogP contribution in [0.5, 0.6) is 0 Å². The molecule has 142 valence electrons. The van der Waals surface area contributed by atoms with Gasteiger partial charge in [0.05, 0.1) is 23.0 Å². The van der Waals surface area contributed by atoms with Gasteiger partial charge in [0, 0.05) is 30.8 Å². The maximum absolute atomic E-state index is 12.9. The number of carbonyl (C=O) groups is 2. The number of alkyl halides is 3. The van der Waals surface area contributed by atoms with Gasteiger partial charge in [0.25, 0.3) is 11.6 Å². The maximum atomic E-state index is 12.9. The third kappa shape index (κ3) is 4.50. The lowest BCUT2D eigenvalue weighted by Crippen LogP contribution is -2.44. The Bertz CT molecular complexity index is 720. The van der Waals surface area contributed by atoms with Crippen molar-refractivity contribution in [3.63, 3.8) is 0 Å². The van der Waals surface area contributed by atoms with E-state index in [1.54, 1.807) is 6.92 Å². The minimum absolute atomic E-state index is 0.0319. The fourth-order valence-electron chi connectivity index (χ4n) is 2.78. The van der Waals surface area contributed by atoms with Gasteiger partial charge in [0.2, 0.25) is 0 Å². The van der Waals surface area contributed by atoms with Gasteiger partial charge in [-0.2, -0.15) is 13.2 Å². The number of esters is 1. The molecule has 1 heterocycles. The number of nitro groups is 1. The Labute approximate surface area is 146 Å². The number of hydrogen-bond acceptors (Lipinski definition) is 5. The van der Waals surface area contributed by atoms with Crippen molar-refractivity contribution in [2.75, 3.05) is 19.7 Å². The lowest BCUT2D eigenvalue weighted by atomic mass is 9.96. The van der Waals surface area contributed by atoms with Crippen molar-refractivity contribution >= 4 is 17.6 Å². The van der Waals surface area contributed by atoms with E-state index in [0.29, 0.717) is 0 Å². The Morgan fingerprint density at radius 2 is 1.96 bits per heavy atom. The van der Waals surface area contributed by atoms with Gasteiger partial charge in [0.1, 0.15) is 0 Å². The predicted molar refractivity (Wildman–Crippen MR) is 83.7 cm³/mol. The van der Waals surface area contributed by atoms with Crippen LogP contribution in [0.4, 0.5) is 18.9 Å². The molecule has 1 aliphatic heterocycles. The van der Waals surface area contributed by atoms with Gasteiger partial charge in [-0.1, -0.05) is 0 Å². The van der Waals surface area contributed by atoms with E-state index in [1.807, 2.05) is 0 Å². The molecule has 1 fully saturated rings. The number of hydrogen-bond donors (Lipinski definition) is 0. The summed E-state index contributed by atoms with van der Waals surface area (Å²) in [7, 11) is 0. The van der Waals surface area contributed by atoms with E-state index in [-0.39, 0.29) is 37.1 Å². The number of ether oxygens (including phenoxy) is 1. The van der Waals surface area contributed by atoms with Gasteiger partial charge in [-0.05, 0) is 25.8 Å². The number of piperidine rings is 1. The number of rotatable bonds is 4. The second-order valence-electron chi connectivity index (χ2n) is 5.88. The number of nitrogens with zero attached hydrogens (tertiary/aromatic N) is 2. The highest BCUT2D eigenvalue weighted by Gasteiger charge is 2.42. The smallest absolute Gasteiger partial charge is 0.393 e. The van der Waals surface area contributed by atoms with Gasteiger partial charge in [-0.25, -0.2) is 4.79 Å². The summed E-state index contributed by atoms with van der Waals surface area (Å²) in [6, 6.07) is 3.01. The molecular formula is C16H17F3N2O5. The second-order valence-corrected chi connectivity index (χ2v) is 5.88. The Kier molecular flexibility index (Phi) is 5.83. The average molecular weight is 374 g/mol. The van der Waals surface area contributed by atoms with Crippen LogP contribution < -0.4 is 0 Å². The summed E-state index contributed by atoms with van der Waals surface area (Å²) in [5.41, 5.74) is -0.929. The Morgan fingerprint density at radius 1 is 1.31 bits per heavy atom. The topological polar surface area (TPSA) is 89.8 Å². The molecule has 0 radical (unpaired) electrons. The van der Waals surface area contributed by atoms with E-state index in [1.165, 1.54) is 0 Å². The summed E-state index contributed by atoms with van der Waals surface area (Å²) in [6.45, 7) is 1.18. The third-order valence-electron chi connectivity index (χ3n) is 4.06. The zero-order valence-corrected chi connectivity index (χ0v) is 13.9. The molecule has 7 nitrogen and oxygen atoms in total. The monoisotopic (exact) mass is 374 g/mol. The molecule has 0 aromatic heterocycles. The molecule has 0 bridgehead atoms. The van der Waals surface area contributed by atoms with Crippen LogP contribution in [0.3, 0.4) is 0 Å². The SMILES string of the molecule is CCOC(=O)c1cc(C(=O)N2CCCC(C(F)(F)F)C2)cc([N+](=O)[O-])c1. The second kappa shape index (κ2) is 7.71. The highest BCUT2D eigenvalue weighted by molar-refractivity contribution is 5.99. The van der Waals surface area contributed by atoms with Crippen molar-refractivity contribution in [1.29, 1.82) is 0 Å². The molecule has 1 saturated heterocycles. The summed E-state index contributed by atoms with van der Waals surface area (Å²) in [6.07, 6.45) is -4.32. The Morgan fingerprint density at radius 3 is 2.54 bits per heavy atom. The van der Waals surface area contributed by atoms with Crippen LogP contribution >= 0.6 is 0 Å². The summed E-state index contributed by atoms with van der Waals surface area (Å²) < 4.78 is 43.5. The summed E-state index contributed by atoms with van der Waals surface area (Å²) >= 11 is 0. The van der Waals surface area contributed by atoms with Crippen molar-refractivity contribution in [1.82, 2.24) is 4.90 Å². The highest BCUT2D eigenvalue weighted by Crippen LogP contribution is 2.33. The third-order valence-corrected chi connectivity index (χ3v) is 4.06. The molecule has 0 saturated carbocycles. The lowest BCUT2D eigenvalue weighted by Gasteiger charge is -2.33. The van der Waals surface area contributed by atoms with Crippen LogP contribution in [-0.4, -0.2) is 47.6 Å². The minimum atomic E-state index is -4.42. The molecule has 1 amide bonds. The van der Waals surface area contributed by atoms with E-state index in [4.69, 9.17) is 4.74 Å². The molecule has 1 aromatic rings. The number of carbonyl (C=O) groups excluding carboxylic acids is 2. The summed E-state index contributed by atoms with van der Waals surface area (Å²) in [4.78, 5) is 35.7. The number of benzene rings is 1.